The number of hydrogen-bond acceptors (Lipinski definition) is 5. The van der Waals surface area contributed by atoms with Gasteiger partial charge in [0.1, 0.15) is 11.7 Å². The molecule has 0 aromatic heterocycles. The molecule has 0 unspecified atom stereocenters. The van der Waals surface area contributed by atoms with Crippen LogP contribution in [0.4, 0.5) is 11.4 Å². The van der Waals surface area contributed by atoms with Crippen molar-refractivity contribution in [3.05, 3.63) is 90.5 Å². The molecule has 2 amide bonds. The Balaban J connectivity index is 1.49. The zero-order chi connectivity index (χ0) is 22.1. The van der Waals surface area contributed by atoms with Crippen LogP contribution in [-0.4, -0.2) is 24.5 Å². The van der Waals surface area contributed by atoms with Crippen LogP contribution in [-0.2, 0) is 14.4 Å². The molecule has 0 radical (unpaired) electrons. The highest BCUT2D eigenvalue weighted by atomic mass is 16.7. The van der Waals surface area contributed by atoms with Gasteiger partial charge >= 0.3 is 0 Å². The van der Waals surface area contributed by atoms with Crippen LogP contribution < -0.4 is 14.7 Å². The third-order valence-electron chi connectivity index (χ3n) is 5.83. The van der Waals surface area contributed by atoms with E-state index in [-0.39, 0.29) is 11.8 Å². The molecular weight excluding hydrogens is 404 g/mol. The second-order valence-electron chi connectivity index (χ2n) is 7.92. The predicted octanol–water partition coefficient (Wildman–Crippen LogP) is 4.53. The van der Waals surface area contributed by atoms with E-state index < -0.39 is 18.1 Å². The molecule has 2 aliphatic rings. The quantitative estimate of drug-likeness (QED) is 0.540. The van der Waals surface area contributed by atoms with E-state index >= 15 is 0 Å². The van der Waals surface area contributed by atoms with Crippen LogP contribution in [0.15, 0.2) is 84.9 Å². The van der Waals surface area contributed by atoms with Crippen LogP contribution >= 0.6 is 0 Å². The molecule has 2 saturated heterocycles. The highest BCUT2D eigenvalue weighted by Gasteiger charge is 2.60. The van der Waals surface area contributed by atoms with Crippen LogP contribution in [0.25, 0.3) is 0 Å². The van der Waals surface area contributed by atoms with Crippen LogP contribution in [0, 0.1) is 5.92 Å². The number of hydroxylamine groups is 1. The maximum atomic E-state index is 13.6. The summed E-state index contributed by atoms with van der Waals surface area (Å²) in [7, 11) is 0. The van der Waals surface area contributed by atoms with E-state index in [4.69, 9.17) is 9.57 Å². The molecule has 2 aliphatic heterocycles. The van der Waals surface area contributed by atoms with Crippen molar-refractivity contribution in [3.63, 3.8) is 0 Å². The first-order valence-corrected chi connectivity index (χ1v) is 10.9. The summed E-state index contributed by atoms with van der Waals surface area (Å²) in [6.07, 6.45) is 0.0357. The molecular formula is C26H24N2O4. The van der Waals surface area contributed by atoms with Gasteiger partial charge in [0.25, 0.3) is 5.91 Å². The summed E-state index contributed by atoms with van der Waals surface area (Å²) in [5.74, 6) is -0.527. The number of amides is 2. The van der Waals surface area contributed by atoms with Gasteiger partial charge in [0.2, 0.25) is 5.91 Å². The molecule has 3 atom stereocenters. The lowest BCUT2D eigenvalue weighted by atomic mass is 9.90. The Morgan fingerprint density at radius 3 is 2.12 bits per heavy atom. The van der Waals surface area contributed by atoms with Gasteiger partial charge in [0.15, 0.2) is 6.10 Å². The summed E-state index contributed by atoms with van der Waals surface area (Å²) in [6.45, 7) is 2.66. The molecule has 162 valence electrons. The number of carbonyl (C=O) groups is 2. The number of ether oxygens (including phenoxy) is 1. The van der Waals surface area contributed by atoms with Crippen molar-refractivity contribution in [1.29, 1.82) is 0 Å². The van der Waals surface area contributed by atoms with E-state index in [1.807, 2.05) is 67.6 Å². The second-order valence-corrected chi connectivity index (χ2v) is 7.92. The highest BCUT2D eigenvalue weighted by molar-refractivity contribution is 6.23. The largest absolute Gasteiger partial charge is 0.494 e. The first kappa shape index (κ1) is 20.3. The standard InChI is InChI=1S/C26H24N2O4/c1-2-17-31-21-15-13-19(14-16-21)27-25(29)22-23(18-9-5-3-6-10-18)28(32-24(22)26(27)30)20-11-7-4-8-12-20/h3-16,22-24H,2,17H2,1H3/t22-,23+,24-/m1/s1. The number of rotatable bonds is 6. The van der Waals surface area contributed by atoms with Crippen molar-refractivity contribution in [2.75, 3.05) is 16.6 Å². The van der Waals surface area contributed by atoms with Crippen molar-refractivity contribution < 1.29 is 19.2 Å². The number of benzene rings is 3. The van der Waals surface area contributed by atoms with Crippen LogP contribution in [0.5, 0.6) is 5.75 Å². The van der Waals surface area contributed by atoms with Gasteiger partial charge in [0.05, 0.1) is 24.0 Å². The number of carbonyl (C=O) groups excluding carboxylic acids is 2. The topological polar surface area (TPSA) is 59.1 Å². The predicted molar refractivity (Wildman–Crippen MR) is 121 cm³/mol. The van der Waals surface area contributed by atoms with Gasteiger partial charge in [-0.3, -0.25) is 14.4 Å². The Morgan fingerprint density at radius 1 is 0.812 bits per heavy atom. The summed E-state index contributed by atoms with van der Waals surface area (Å²) in [5.41, 5.74) is 2.26. The Kier molecular flexibility index (Phi) is 5.37. The van der Waals surface area contributed by atoms with E-state index in [9.17, 15) is 9.59 Å². The van der Waals surface area contributed by atoms with Gasteiger partial charge in [-0.25, -0.2) is 9.96 Å². The zero-order valence-electron chi connectivity index (χ0n) is 17.8. The molecule has 0 aliphatic carbocycles. The second kappa shape index (κ2) is 8.48. The maximum absolute atomic E-state index is 13.6. The molecule has 0 spiro atoms. The van der Waals surface area contributed by atoms with Gasteiger partial charge in [-0.2, -0.15) is 0 Å². The SMILES string of the molecule is CCCOc1ccc(N2C(=O)[C@H]3[C@@H](ON(c4ccccc4)[C@H]3c3ccccc3)C2=O)cc1. The summed E-state index contributed by atoms with van der Waals surface area (Å²) in [5, 5.41) is 1.71. The van der Waals surface area contributed by atoms with Crippen LogP contribution in [0.1, 0.15) is 24.9 Å². The number of anilines is 2. The summed E-state index contributed by atoms with van der Waals surface area (Å²) >= 11 is 0. The third kappa shape index (κ3) is 3.42. The van der Waals surface area contributed by atoms with E-state index in [1.54, 1.807) is 29.3 Å². The molecule has 6 heteroatoms. The smallest absolute Gasteiger partial charge is 0.266 e. The number of para-hydroxylation sites is 1. The van der Waals surface area contributed by atoms with E-state index in [1.165, 1.54) is 4.90 Å². The lowest BCUT2D eigenvalue weighted by Crippen LogP contribution is -2.37. The third-order valence-corrected chi connectivity index (χ3v) is 5.83. The van der Waals surface area contributed by atoms with Crippen molar-refractivity contribution in [1.82, 2.24) is 0 Å². The molecule has 0 bridgehead atoms. The van der Waals surface area contributed by atoms with E-state index in [0.717, 1.165) is 17.7 Å². The summed E-state index contributed by atoms with van der Waals surface area (Å²) < 4.78 is 5.62. The zero-order valence-corrected chi connectivity index (χ0v) is 17.8. The Hall–Kier alpha value is -3.64. The van der Waals surface area contributed by atoms with Gasteiger partial charge < -0.3 is 4.74 Å². The Bertz CT molecular complexity index is 1100. The fourth-order valence-corrected chi connectivity index (χ4v) is 4.37. The van der Waals surface area contributed by atoms with Gasteiger partial charge in [-0.05, 0) is 48.4 Å². The summed E-state index contributed by atoms with van der Waals surface area (Å²) in [6, 6.07) is 25.9. The Morgan fingerprint density at radius 2 is 1.47 bits per heavy atom. The molecule has 2 heterocycles. The number of hydrogen-bond donors (Lipinski definition) is 0. The molecule has 0 saturated carbocycles. The molecule has 32 heavy (non-hydrogen) atoms. The van der Waals surface area contributed by atoms with Crippen molar-refractivity contribution in [2.45, 2.75) is 25.5 Å². The number of nitrogens with zero attached hydrogens (tertiary/aromatic N) is 2. The minimum atomic E-state index is -0.871. The molecule has 6 nitrogen and oxygen atoms in total. The van der Waals surface area contributed by atoms with Crippen molar-refractivity contribution in [3.8, 4) is 5.75 Å². The van der Waals surface area contributed by atoms with Crippen LogP contribution in [0.3, 0.4) is 0 Å². The van der Waals surface area contributed by atoms with Crippen LogP contribution in [0.2, 0.25) is 0 Å². The average molecular weight is 428 g/mol. The lowest BCUT2D eigenvalue weighted by Gasteiger charge is -2.28. The molecule has 3 aromatic carbocycles. The van der Waals surface area contributed by atoms with Gasteiger partial charge in [-0.1, -0.05) is 55.5 Å². The van der Waals surface area contributed by atoms with Crippen molar-refractivity contribution in [2.24, 2.45) is 5.92 Å². The average Bonchev–Trinajstić information content (AvgIpc) is 3.35. The fourth-order valence-electron chi connectivity index (χ4n) is 4.37. The van der Waals surface area contributed by atoms with E-state index in [2.05, 4.69) is 0 Å². The molecule has 3 aromatic rings. The monoisotopic (exact) mass is 428 g/mol. The van der Waals surface area contributed by atoms with E-state index in [0.29, 0.717) is 18.0 Å². The minimum absolute atomic E-state index is 0.255. The normalized spacial score (nSPS) is 22.3. The van der Waals surface area contributed by atoms with Gasteiger partial charge in [-0.15, -0.1) is 0 Å². The molecule has 0 N–H and O–H groups in total. The first-order valence-electron chi connectivity index (χ1n) is 10.9. The maximum Gasteiger partial charge on any atom is 0.266 e. The summed E-state index contributed by atoms with van der Waals surface area (Å²) in [4.78, 5) is 34.3. The first-order chi connectivity index (χ1) is 15.7. The number of fused-ring (bicyclic) bond motifs is 1. The lowest BCUT2D eigenvalue weighted by molar-refractivity contribution is -0.126. The minimum Gasteiger partial charge on any atom is -0.494 e. The fraction of sp³-hybridized carbons (Fsp3) is 0.231. The number of imide groups is 1. The highest BCUT2D eigenvalue weighted by Crippen LogP contribution is 2.47. The molecule has 5 rings (SSSR count). The van der Waals surface area contributed by atoms with Crippen molar-refractivity contribution >= 4 is 23.2 Å². The Labute approximate surface area is 186 Å². The molecule has 2 fully saturated rings. The van der Waals surface area contributed by atoms with Gasteiger partial charge in [0, 0.05) is 0 Å².